The van der Waals surface area contributed by atoms with Gasteiger partial charge in [0, 0.05) is 6.54 Å². The van der Waals surface area contributed by atoms with E-state index < -0.39 is 0 Å². The summed E-state index contributed by atoms with van der Waals surface area (Å²) in [6.07, 6.45) is 6.42. The number of nitrogens with one attached hydrogen (secondary N) is 1. The molecule has 0 fully saturated rings. The summed E-state index contributed by atoms with van der Waals surface area (Å²) in [6.45, 7) is 10.1. The Morgan fingerprint density at radius 2 is 1.95 bits per heavy atom. The second kappa shape index (κ2) is 7.21. The van der Waals surface area contributed by atoms with Gasteiger partial charge in [0.05, 0.1) is 6.54 Å². The van der Waals surface area contributed by atoms with Gasteiger partial charge in [-0.3, -0.25) is 0 Å². The molecular formula is C17H25NO. The Morgan fingerprint density at radius 3 is 2.47 bits per heavy atom. The molecule has 0 aromatic heterocycles. The fraction of sp³-hybridized carbons (Fsp3) is 0.529. The minimum atomic E-state index is 0.110. The van der Waals surface area contributed by atoms with Gasteiger partial charge in [0.15, 0.2) is 0 Å². The van der Waals surface area contributed by atoms with Crippen LogP contribution in [0.1, 0.15) is 39.7 Å². The zero-order valence-electron chi connectivity index (χ0n) is 12.5. The van der Waals surface area contributed by atoms with Gasteiger partial charge in [0.1, 0.15) is 11.9 Å². The van der Waals surface area contributed by atoms with Crippen molar-refractivity contribution in [3.63, 3.8) is 0 Å². The Kier molecular flexibility index (Phi) is 5.92. The van der Waals surface area contributed by atoms with Crippen molar-refractivity contribution in [3.8, 4) is 18.1 Å². The molecule has 1 rings (SSSR count). The number of terminal acetylenes is 1. The SMILES string of the molecule is C#CCNCC(C)Oc1ccc(C(C)(C)CC)cc1. The maximum absolute atomic E-state index is 5.83. The molecule has 2 nitrogen and oxygen atoms in total. The molecule has 0 spiro atoms. The maximum Gasteiger partial charge on any atom is 0.119 e. The number of hydrogen-bond acceptors (Lipinski definition) is 2. The first-order valence-electron chi connectivity index (χ1n) is 6.91. The summed E-state index contributed by atoms with van der Waals surface area (Å²) < 4.78 is 5.83. The van der Waals surface area contributed by atoms with E-state index in [4.69, 9.17) is 11.2 Å². The lowest BCUT2D eigenvalue weighted by Crippen LogP contribution is -2.29. The van der Waals surface area contributed by atoms with E-state index in [1.807, 2.05) is 19.1 Å². The molecule has 0 radical (unpaired) electrons. The molecule has 1 N–H and O–H groups in total. The monoisotopic (exact) mass is 259 g/mol. The molecule has 19 heavy (non-hydrogen) atoms. The van der Waals surface area contributed by atoms with Gasteiger partial charge in [0.25, 0.3) is 0 Å². The van der Waals surface area contributed by atoms with Crippen molar-refractivity contribution in [2.45, 2.75) is 45.6 Å². The van der Waals surface area contributed by atoms with Crippen molar-refractivity contribution in [2.24, 2.45) is 0 Å². The van der Waals surface area contributed by atoms with E-state index in [9.17, 15) is 0 Å². The van der Waals surface area contributed by atoms with Gasteiger partial charge < -0.3 is 10.1 Å². The van der Waals surface area contributed by atoms with E-state index in [2.05, 4.69) is 44.1 Å². The molecule has 104 valence electrons. The third-order valence-corrected chi connectivity index (χ3v) is 3.52. The van der Waals surface area contributed by atoms with E-state index in [1.54, 1.807) is 0 Å². The second-order valence-corrected chi connectivity index (χ2v) is 5.53. The highest BCUT2D eigenvalue weighted by Crippen LogP contribution is 2.28. The molecule has 0 aliphatic heterocycles. The van der Waals surface area contributed by atoms with Crippen LogP contribution in [0.4, 0.5) is 0 Å². The van der Waals surface area contributed by atoms with Gasteiger partial charge in [-0.2, -0.15) is 0 Å². The Bertz CT molecular complexity index is 414. The first-order chi connectivity index (χ1) is 8.99. The van der Waals surface area contributed by atoms with Crippen LogP contribution in [0, 0.1) is 12.3 Å². The molecule has 0 saturated carbocycles. The molecule has 0 aliphatic rings. The standard InChI is InChI=1S/C17H25NO/c1-6-12-18-13-14(3)19-16-10-8-15(9-11-16)17(4,5)7-2/h1,8-11,14,18H,7,12-13H2,2-5H3. The highest BCUT2D eigenvalue weighted by atomic mass is 16.5. The highest BCUT2D eigenvalue weighted by molar-refractivity contribution is 5.31. The quantitative estimate of drug-likeness (QED) is 0.599. The van der Waals surface area contributed by atoms with Crippen molar-refractivity contribution >= 4 is 0 Å². The third kappa shape index (κ3) is 4.96. The Balaban J connectivity index is 2.55. The number of ether oxygens (including phenoxy) is 1. The van der Waals surface area contributed by atoms with Crippen molar-refractivity contribution in [1.82, 2.24) is 5.32 Å². The van der Waals surface area contributed by atoms with E-state index in [0.717, 1.165) is 18.7 Å². The van der Waals surface area contributed by atoms with Crippen LogP contribution in [0.25, 0.3) is 0 Å². The largest absolute Gasteiger partial charge is 0.489 e. The number of hydrogen-bond donors (Lipinski definition) is 1. The van der Waals surface area contributed by atoms with Gasteiger partial charge in [-0.25, -0.2) is 0 Å². The molecule has 2 heteroatoms. The summed E-state index contributed by atoms with van der Waals surface area (Å²) in [5.41, 5.74) is 1.57. The molecule has 1 aromatic carbocycles. The van der Waals surface area contributed by atoms with Gasteiger partial charge >= 0.3 is 0 Å². The Labute approximate surface area is 117 Å². The summed E-state index contributed by atoms with van der Waals surface area (Å²) in [7, 11) is 0. The van der Waals surface area contributed by atoms with Crippen LogP contribution in [0.2, 0.25) is 0 Å². The van der Waals surface area contributed by atoms with Crippen molar-refractivity contribution in [1.29, 1.82) is 0 Å². The Hall–Kier alpha value is -1.46. The van der Waals surface area contributed by atoms with Crippen LogP contribution in [0.15, 0.2) is 24.3 Å². The molecule has 0 bridgehead atoms. The fourth-order valence-corrected chi connectivity index (χ4v) is 1.81. The first kappa shape index (κ1) is 15.6. The van der Waals surface area contributed by atoms with Gasteiger partial charge in [-0.1, -0.05) is 38.8 Å². The predicted molar refractivity (Wildman–Crippen MR) is 81.6 cm³/mol. The first-order valence-corrected chi connectivity index (χ1v) is 6.91. The number of rotatable bonds is 7. The second-order valence-electron chi connectivity index (χ2n) is 5.53. The molecule has 1 atom stereocenters. The van der Waals surface area contributed by atoms with Gasteiger partial charge in [-0.05, 0) is 36.5 Å². The van der Waals surface area contributed by atoms with Gasteiger partial charge in [0.2, 0.25) is 0 Å². The minimum absolute atomic E-state index is 0.110. The average Bonchev–Trinajstić information content (AvgIpc) is 2.39. The Morgan fingerprint density at radius 1 is 1.32 bits per heavy atom. The van der Waals surface area contributed by atoms with E-state index in [-0.39, 0.29) is 11.5 Å². The van der Waals surface area contributed by atoms with E-state index >= 15 is 0 Å². The van der Waals surface area contributed by atoms with Crippen LogP contribution in [0.3, 0.4) is 0 Å². The topological polar surface area (TPSA) is 21.3 Å². The molecular weight excluding hydrogens is 234 g/mol. The highest BCUT2D eigenvalue weighted by Gasteiger charge is 2.17. The van der Waals surface area contributed by atoms with Crippen molar-refractivity contribution < 1.29 is 4.74 Å². The fourth-order valence-electron chi connectivity index (χ4n) is 1.81. The summed E-state index contributed by atoms with van der Waals surface area (Å²) in [6, 6.07) is 8.40. The van der Waals surface area contributed by atoms with Crippen LogP contribution in [-0.2, 0) is 5.41 Å². The zero-order valence-corrected chi connectivity index (χ0v) is 12.5. The van der Waals surface area contributed by atoms with E-state index in [0.29, 0.717) is 6.54 Å². The minimum Gasteiger partial charge on any atom is -0.489 e. The van der Waals surface area contributed by atoms with Crippen molar-refractivity contribution in [3.05, 3.63) is 29.8 Å². The van der Waals surface area contributed by atoms with E-state index in [1.165, 1.54) is 5.56 Å². The van der Waals surface area contributed by atoms with Crippen LogP contribution in [-0.4, -0.2) is 19.2 Å². The van der Waals surface area contributed by atoms with Gasteiger partial charge in [-0.15, -0.1) is 6.42 Å². The van der Waals surface area contributed by atoms with Crippen LogP contribution >= 0.6 is 0 Å². The smallest absolute Gasteiger partial charge is 0.119 e. The molecule has 0 aliphatic carbocycles. The van der Waals surface area contributed by atoms with Crippen LogP contribution < -0.4 is 10.1 Å². The van der Waals surface area contributed by atoms with Crippen molar-refractivity contribution in [2.75, 3.05) is 13.1 Å². The van der Waals surface area contributed by atoms with Crippen LogP contribution in [0.5, 0.6) is 5.75 Å². The maximum atomic E-state index is 5.83. The zero-order chi connectivity index (χ0) is 14.3. The molecule has 0 amide bonds. The summed E-state index contributed by atoms with van der Waals surface area (Å²) >= 11 is 0. The lowest BCUT2D eigenvalue weighted by molar-refractivity contribution is 0.219. The normalized spacial score (nSPS) is 12.8. The average molecular weight is 259 g/mol. The summed E-state index contributed by atoms with van der Waals surface area (Å²) in [5, 5.41) is 3.14. The molecule has 1 aromatic rings. The molecule has 0 heterocycles. The molecule has 0 saturated heterocycles. The molecule has 1 unspecified atom stereocenters. The summed E-state index contributed by atoms with van der Waals surface area (Å²) in [4.78, 5) is 0. The lowest BCUT2D eigenvalue weighted by atomic mass is 9.82. The third-order valence-electron chi connectivity index (χ3n) is 3.52. The predicted octanol–water partition coefficient (Wildman–Crippen LogP) is 3.36. The summed E-state index contributed by atoms with van der Waals surface area (Å²) in [5.74, 6) is 3.46. The number of benzene rings is 1. The lowest BCUT2D eigenvalue weighted by Gasteiger charge is -2.23.